The average Bonchev–Trinajstić information content (AvgIpc) is 3.66. The maximum absolute atomic E-state index is 11.7. The van der Waals surface area contributed by atoms with Crippen molar-refractivity contribution in [1.82, 2.24) is 24.6 Å². The molecule has 3 aromatic heterocycles. The molecule has 4 aromatic rings. The maximum atomic E-state index is 11.7. The lowest BCUT2D eigenvalue weighted by atomic mass is 10.1. The van der Waals surface area contributed by atoms with Crippen LogP contribution in [0.3, 0.4) is 0 Å². The number of piperazine rings is 1. The lowest BCUT2D eigenvalue weighted by Gasteiger charge is -2.41. The van der Waals surface area contributed by atoms with E-state index < -0.39 is 12.2 Å². The Balaban J connectivity index is 1.21. The van der Waals surface area contributed by atoms with E-state index in [4.69, 9.17) is 42.8 Å². The molecule has 2 saturated heterocycles. The molecule has 1 N–H and O–H groups in total. The van der Waals surface area contributed by atoms with Crippen molar-refractivity contribution in [3.05, 3.63) is 64.5 Å². The normalized spacial score (nSPS) is 20.4. The van der Waals surface area contributed by atoms with Gasteiger partial charge < -0.3 is 19.5 Å². The SMILES string of the molecule is C[C@@H](Oc1ccc2c(c1)c(-c1ccc(N3CCN(C(=O)O)C4(CC4)C3)nc1)nn2C1CCCCO1)c1c(Cl)cncc1Cl. The predicted molar refractivity (Wildman–Crippen MR) is 164 cm³/mol. The van der Waals surface area contributed by atoms with Crippen LogP contribution < -0.4 is 9.64 Å². The molecule has 5 heterocycles. The zero-order valence-corrected chi connectivity index (χ0v) is 25.3. The van der Waals surface area contributed by atoms with Gasteiger partial charge in [-0.3, -0.25) is 9.88 Å². The number of carbonyl (C=O) groups is 1. The first-order valence-corrected chi connectivity index (χ1v) is 15.4. The molecule has 0 radical (unpaired) electrons. The molecule has 1 aromatic carbocycles. The Morgan fingerprint density at radius 3 is 2.60 bits per heavy atom. The Kier molecular flexibility index (Phi) is 7.31. The summed E-state index contributed by atoms with van der Waals surface area (Å²) < 4.78 is 14.4. The zero-order valence-electron chi connectivity index (χ0n) is 23.7. The fraction of sp³-hybridized carbons (Fsp3) is 0.419. The van der Waals surface area contributed by atoms with E-state index in [1.807, 2.05) is 48.1 Å². The standard InChI is InChI=1S/C31H32Cl2N6O4/c1-19(28-23(32)16-34-17-24(28)33)43-21-6-7-25-22(14-21)29(36-39(25)27-4-2-3-13-42-27)20-5-8-26(35-15-20)37-11-12-38(30(40)41)31(18-37)9-10-31/h5-8,14-17,19,27H,2-4,9-13,18H2,1H3,(H,40,41)/t19-,27?/m1/s1. The van der Waals surface area contributed by atoms with E-state index in [-0.39, 0.29) is 11.8 Å². The topological polar surface area (TPSA) is 106 Å². The van der Waals surface area contributed by atoms with E-state index in [1.165, 1.54) is 0 Å². The quantitative estimate of drug-likeness (QED) is 0.246. The number of rotatable bonds is 6. The number of halogens is 2. The van der Waals surface area contributed by atoms with E-state index in [1.54, 1.807) is 17.3 Å². The summed E-state index contributed by atoms with van der Waals surface area (Å²) in [6.45, 7) is 4.36. The van der Waals surface area contributed by atoms with E-state index in [9.17, 15) is 9.90 Å². The molecule has 1 aliphatic carbocycles. The smallest absolute Gasteiger partial charge is 0.407 e. The van der Waals surface area contributed by atoms with Gasteiger partial charge in [0.1, 0.15) is 23.4 Å². The highest BCUT2D eigenvalue weighted by atomic mass is 35.5. The number of carboxylic acid groups (broad SMARTS) is 1. The lowest BCUT2D eigenvalue weighted by Crippen LogP contribution is -2.57. The summed E-state index contributed by atoms with van der Waals surface area (Å²) >= 11 is 12.8. The van der Waals surface area contributed by atoms with E-state index in [0.29, 0.717) is 47.6 Å². The number of hydrogen-bond acceptors (Lipinski definition) is 7. The van der Waals surface area contributed by atoms with E-state index in [2.05, 4.69) is 9.88 Å². The molecule has 2 atom stereocenters. The second-order valence-corrected chi connectivity index (χ2v) is 12.4. The largest absolute Gasteiger partial charge is 0.486 e. The van der Waals surface area contributed by atoms with Gasteiger partial charge >= 0.3 is 6.09 Å². The van der Waals surface area contributed by atoms with Crippen LogP contribution >= 0.6 is 23.2 Å². The molecule has 1 saturated carbocycles. The Bertz CT molecular complexity index is 1650. The van der Waals surface area contributed by atoms with Gasteiger partial charge in [-0.1, -0.05) is 23.2 Å². The highest BCUT2D eigenvalue weighted by Gasteiger charge is 2.53. The molecule has 2 aliphatic heterocycles. The van der Waals surface area contributed by atoms with Gasteiger partial charge in [-0.05, 0) is 69.4 Å². The summed E-state index contributed by atoms with van der Waals surface area (Å²) in [5.74, 6) is 1.49. The molecule has 12 heteroatoms. The molecule has 10 nitrogen and oxygen atoms in total. The summed E-state index contributed by atoms with van der Waals surface area (Å²) in [7, 11) is 0. The first-order valence-electron chi connectivity index (χ1n) is 14.6. The van der Waals surface area contributed by atoms with Gasteiger partial charge in [-0.15, -0.1) is 0 Å². The first-order chi connectivity index (χ1) is 20.8. The number of anilines is 1. The monoisotopic (exact) mass is 622 g/mol. The molecule has 3 fully saturated rings. The maximum Gasteiger partial charge on any atom is 0.407 e. The van der Waals surface area contributed by atoms with Gasteiger partial charge in [0, 0.05) is 61.3 Å². The number of ether oxygens (including phenoxy) is 2. The van der Waals surface area contributed by atoms with Gasteiger partial charge in [0.05, 0.1) is 21.1 Å². The third-order valence-electron chi connectivity index (χ3n) is 8.77. The van der Waals surface area contributed by atoms with Gasteiger partial charge in [0.15, 0.2) is 6.23 Å². The minimum absolute atomic E-state index is 0.141. The first kappa shape index (κ1) is 28.2. The van der Waals surface area contributed by atoms with Crippen LogP contribution in [0.5, 0.6) is 5.75 Å². The van der Waals surface area contributed by atoms with Crippen LogP contribution in [0.2, 0.25) is 10.0 Å². The Morgan fingerprint density at radius 1 is 1.12 bits per heavy atom. The Morgan fingerprint density at radius 2 is 1.93 bits per heavy atom. The molecule has 7 rings (SSSR count). The molecule has 43 heavy (non-hydrogen) atoms. The van der Waals surface area contributed by atoms with Crippen LogP contribution in [-0.2, 0) is 4.74 Å². The van der Waals surface area contributed by atoms with Gasteiger partial charge in [-0.25, -0.2) is 14.5 Å². The third kappa shape index (κ3) is 5.25. The number of amides is 1. The number of aromatic nitrogens is 4. The zero-order chi connectivity index (χ0) is 29.7. The second-order valence-electron chi connectivity index (χ2n) is 11.6. The van der Waals surface area contributed by atoms with Crippen molar-refractivity contribution >= 4 is 46.0 Å². The lowest BCUT2D eigenvalue weighted by molar-refractivity contribution is -0.0365. The number of benzene rings is 1. The van der Waals surface area contributed by atoms with Crippen molar-refractivity contribution in [2.24, 2.45) is 0 Å². The van der Waals surface area contributed by atoms with Crippen LogP contribution in [0, 0.1) is 0 Å². The van der Waals surface area contributed by atoms with Crippen molar-refractivity contribution in [1.29, 1.82) is 0 Å². The second kappa shape index (κ2) is 11.2. The number of hydrogen-bond donors (Lipinski definition) is 1. The summed E-state index contributed by atoms with van der Waals surface area (Å²) in [6.07, 6.45) is 8.39. The summed E-state index contributed by atoms with van der Waals surface area (Å²) in [6, 6.07) is 9.97. The summed E-state index contributed by atoms with van der Waals surface area (Å²) in [5, 5.41) is 16.5. The Hall–Kier alpha value is -3.60. The predicted octanol–water partition coefficient (Wildman–Crippen LogP) is 6.97. The molecular formula is C31H32Cl2N6O4. The molecule has 1 unspecified atom stereocenters. The van der Waals surface area contributed by atoms with Crippen LogP contribution in [-0.4, -0.2) is 67.6 Å². The van der Waals surface area contributed by atoms with Gasteiger partial charge in [0.25, 0.3) is 0 Å². The van der Waals surface area contributed by atoms with Crippen LogP contribution in [0.15, 0.2) is 48.9 Å². The molecular weight excluding hydrogens is 591 g/mol. The fourth-order valence-electron chi connectivity index (χ4n) is 6.37. The van der Waals surface area contributed by atoms with Crippen molar-refractivity contribution in [2.75, 3.05) is 31.1 Å². The van der Waals surface area contributed by atoms with Crippen molar-refractivity contribution in [2.45, 2.75) is 56.9 Å². The number of nitrogens with zero attached hydrogens (tertiary/aromatic N) is 6. The van der Waals surface area contributed by atoms with Gasteiger partial charge in [-0.2, -0.15) is 5.10 Å². The highest BCUT2D eigenvalue weighted by molar-refractivity contribution is 6.35. The van der Waals surface area contributed by atoms with Crippen molar-refractivity contribution < 1.29 is 19.4 Å². The molecule has 0 bridgehead atoms. The highest BCUT2D eigenvalue weighted by Crippen LogP contribution is 2.45. The van der Waals surface area contributed by atoms with Crippen molar-refractivity contribution in [3.8, 4) is 17.0 Å². The van der Waals surface area contributed by atoms with E-state index >= 15 is 0 Å². The molecule has 1 spiro atoms. The number of fused-ring (bicyclic) bond motifs is 1. The average molecular weight is 624 g/mol. The minimum atomic E-state index is -0.838. The number of pyridine rings is 2. The Labute approximate surface area is 259 Å². The van der Waals surface area contributed by atoms with Crippen LogP contribution in [0.25, 0.3) is 22.2 Å². The molecule has 1 amide bonds. The van der Waals surface area contributed by atoms with Crippen LogP contribution in [0.1, 0.15) is 56.9 Å². The summed E-state index contributed by atoms with van der Waals surface area (Å²) in [4.78, 5) is 24.4. The van der Waals surface area contributed by atoms with Crippen molar-refractivity contribution in [3.63, 3.8) is 0 Å². The van der Waals surface area contributed by atoms with E-state index in [0.717, 1.165) is 60.1 Å². The molecule has 224 valence electrons. The minimum Gasteiger partial charge on any atom is -0.486 e. The third-order valence-corrected chi connectivity index (χ3v) is 9.37. The van der Waals surface area contributed by atoms with Gasteiger partial charge in [0.2, 0.25) is 0 Å². The fourth-order valence-corrected chi connectivity index (χ4v) is 7.04. The summed E-state index contributed by atoms with van der Waals surface area (Å²) in [5.41, 5.74) is 3.01. The van der Waals surface area contributed by atoms with Crippen LogP contribution in [0.4, 0.5) is 10.6 Å². The molecule has 3 aliphatic rings.